The number of carbonyl (C=O) groups is 1. The molecule has 1 aromatic heterocycles. The average molecular weight is 378 g/mol. The van der Waals surface area contributed by atoms with Gasteiger partial charge in [-0.15, -0.1) is 0 Å². The molecule has 0 atom stereocenters. The number of benzene rings is 2. The lowest BCUT2D eigenvalue weighted by Gasteiger charge is -2.13. The van der Waals surface area contributed by atoms with Crippen molar-refractivity contribution in [3.63, 3.8) is 0 Å². The monoisotopic (exact) mass is 378 g/mol. The molecule has 3 rings (SSSR count). The molecule has 0 aliphatic carbocycles. The number of hydrogen-bond acceptors (Lipinski definition) is 2. The van der Waals surface area contributed by atoms with E-state index in [0.717, 1.165) is 29.1 Å². The number of urea groups is 1. The van der Waals surface area contributed by atoms with Crippen LogP contribution in [0.2, 0.25) is 0 Å². The lowest BCUT2D eigenvalue weighted by Crippen LogP contribution is -2.24. The maximum absolute atomic E-state index is 12.9. The molecule has 0 saturated heterocycles. The molecule has 28 heavy (non-hydrogen) atoms. The summed E-state index contributed by atoms with van der Waals surface area (Å²) in [6.45, 7) is 6.21. The van der Waals surface area contributed by atoms with Crippen molar-refractivity contribution in [2.24, 2.45) is 5.10 Å². The summed E-state index contributed by atoms with van der Waals surface area (Å²) in [5, 5.41) is 6.62. The minimum Gasteiger partial charge on any atom is -0.318 e. The van der Waals surface area contributed by atoms with Gasteiger partial charge in [-0.2, -0.15) is 5.10 Å². The van der Waals surface area contributed by atoms with E-state index in [2.05, 4.69) is 39.5 Å². The van der Waals surface area contributed by atoms with Gasteiger partial charge in [0, 0.05) is 28.3 Å². The first-order valence-corrected chi connectivity index (χ1v) is 9.12. The van der Waals surface area contributed by atoms with Crippen molar-refractivity contribution in [1.29, 1.82) is 0 Å². The summed E-state index contributed by atoms with van der Waals surface area (Å²) < 4.78 is 15.1. The van der Waals surface area contributed by atoms with Gasteiger partial charge < -0.3 is 9.88 Å². The molecule has 2 amide bonds. The molecule has 6 heteroatoms. The molecule has 0 fully saturated rings. The molecule has 1 heterocycles. The quantitative estimate of drug-likeness (QED) is 0.479. The van der Waals surface area contributed by atoms with E-state index in [9.17, 15) is 9.18 Å². The molecular formula is C22H23FN4O. The molecule has 0 bridgehead atoms. The summed E-state index contributed by atoms with van der Waals surface area (Å²) in [5.41, 5.74) is 8.40. The number of carbonyl (C=O) groups excluding carboxylic acids is 1. The van der Waals surface area contributed by atoms with Crippen LogP contribution in [0.15, 0.2) is 59.7 Å². The predicted octanol–water partition coefficient (Wildman–Crippen LogP) is 4.95. The van der Waals surface area contributed by atoms with E-state index >= 15 is 0 Å². The Kier molecular flexibility index (Phi) is 5.89. The SMILES string of the molecule is CCc1ccccc1-n1c(C)cc(C=NNC(=O)Nc2ccc(F)cc2)c1C. The highest BCUT2D eigenvalue weighted by atomic mass is 19.1. The lowest BCUT2D eigenvalue weighted by atomic mass is 10.1. The van der Waals surface area contributed by atoms with Crippen LogP contribution in [0.4, 0.5) is 14.9 Å². The van der Waals surface area contributed by atoms with Crippen LogP contribution < -0.4 is 10.7 Å². The standard InChI is InChI=1S/C22H23FN4O/c1-4-17-7-5-6-8-21(17)27-15(2)13-18(16(27)3)14-24-26-22(28)25-20-11-9-19(23)10-12-20/h5-14H,4H2,1-3H3,(H2,25,26,28). The van der Waals surface area contributed by atoms with Crippen molar-refractivity contribution < 1.29 is 9.18 Å². The summed E-state index contributed by atoms with van der Waals surface area (Å²) in [4.78, 5) is 11.9. The first-order chi connectivity index (χ1) is 13.5. The van der Waals surface area contributed by atoms with Crippen molar-refractivity contribution in [1.82, 2.24) is 9.99 Å². The predicted molar refractivity (Wildman–Crippen MR) is 111 cm³/mol. The third-order valence-electron chi connectivity index (χ3n) is 4.56. The van der Waals surface area contributed by atoms with Gasteiger partial charge >= 0.3 is 6.03 Å². The van der Waals surface area contributed by atoms with Gasteiger partial charge in [-0.1, -0.05) is 25.1 Å². The van der Waals surface area contributed by atoms with Crippen molar-refractivity contribution in [3.8, 4) is 5.69 Å². The topological polar surface area (TPSA) is 58.4 Å². The van der Waals surface area contributed by atoms with Gasteiger partial charge in [0.05, 0.1) is 6.21 Å². The molecule has 0 spiro atoms. The highest BCUT2D eigenvalue weighted by Crippen LogP contribution is 2.23. The second-order valence-electron chi connectivity index (χ2n) is 6.48. The summed E-state index contributed by atoms with van der Waals surface area (Å²) in [6.07, 6.45) is 2.57. The maximum atomic E-state index is 12.9. The van der Waals surface area contributed by atoms with E-state index in [1.54, 1.807) is 6.21 Å². The molecule has 0 aliphatic heterocycles. The third-order valence-corrected chi connectivity index (χ3v) is 4.56. The smallest absolute Gasteiger partial charge is 0.318 e. The average Bonchev–Trinajstić information content (AvgIpc) is 2.97. The van der Waals surface area contributed by atoms with Crippen LogP contribution in [-0.4, -0.2) is 16.8 Å². The second kappa shape index (κ2) is 8.52. The summed E-state index contributed by atoms with van der Waals surface area (Å²) in [5.74, 6) is -0.357. The number of para-hydroxylation sites is 1. The molecular weight excluding hydrogens is 355 g/mol. The molecule has 0 radical (unpaired) electrons. The normalized spacial score (nSPS) is 11.0. The molecule has 3 aromatic rings. The number of aromatic nitrogens is 1. The van der Waals surface area contributed by atoms with Crippen LogP contribution in [-0.2, 0) is 6.42 Å². The highest BCUT2D eigenvalue weighted by Gasteiger charge is 2.11. The Morgan fingerprint density at radius 2 is 1.86 bits per heavy atom. The second-order valence-corrected chi connectivity index (χ2v) is 6.48. The van der Waals surface area contributed by atoms with Gasteiger partial charge in [-0.3, -0.25) is 0 Å². The first-order valence-electron chi connectivity index (χ1n) is 9.12. The molecule has 0 unspecified atom stereocenters. The summed E-state index contributed by atoms with van der Waals surface area (Å²) in [7, 11) is 0. The Morgan fingerprint density at radius 3 is 2.57 bits per heavy atom. The summed E-state index contributed by atoms with van der Waals surface area (Å²) in [6, 6.07) is 15.4. The molecule has 2 N–H and O–H groups in total. The summed E-state index contributed by atoms with van der Waals surface area (Å²) >= 11 is 0. The fourth-order valence-electron chi connectivity index (χ4n) is 3.17. The minimum atomic E-state index is -0.493. The van der Waals surface area contributed by atoms with E-state index in [4.69, 9.17) is 0 Å². The highest BCUT2D eigenvalue weighted by molar-refractivity contribution is 5.90. The molecule has 0 saturated carbocycles. The van der Waals surface area contributed by atoms with Crippen LogP contribution in [0.25, 0.3) is 5.69 Å². The fraction of sp³-hybridized carbons (Fsp3) is 0.182. The van der Waals surface area contributed by atoms with Crippen molar-refractivity contribution in [2.45, 2.75) is 27.2 Å². The zero-order chi connectivity index (χ0) is 20.1. The van der Waals surface area contributed by atoms with Crippen molar-refractivity contribution >= 4 is 17.9 Å². The molecule has 144 valence electrons. The number of halogens is 1. The number of nitrogens with zero attached hydrogens (tertiary/aromatic N) is 2. The van der Waals surface area contributed by atoms with E-state index in [1.165, 1.54) is 29.8 Å². The van der Waals surface area contributed by atoms with Crippen LogP contribution >= 0.6 is 0 Å². The number of hydrogen-bond donors (Lipinski definition) is 2. The molecule has 2 aromatic carbocycles. The molecule has 5 nitrogen and oxygen atoms in total. The number of amides is 2. The number of rotatable bonds is 5. The number of hydrazone groups is 1. The van der Waals surface area contributed by atoms with Crippen LogP contribution in [0.5, 0.6) is 0 Å². The van der Waals surface area contributed by atoms with Crippen LogP contribution in [0, 0.1) is 19.7 Å². The Balaban J connectivity index is 1.73. The van der Waals surface area contributed by atoms with Gasteiger partial charge in [0.1, 0.15) is 5.82 Å². The zero-order valence-electron chi connectivity index (χ0n) is 16.2. The van der Waals surface area contributed by atoms with E-state index in [0.29, 0.717) is 5.69 Å². The van der Waals surface area contributed by atoms with Crippen molar-refractivity contribution in [2.75, 3.05) is 5.32 Å². The van der Waals surface area contributed by atoms with Crippen molar-refractivity contribution in [3.05, 3.63) is 82.9 Å². The fourth-order valence-corrected chi connectivity index (χ4v) is 3.17. The number of anilines is 1. The van der Waals surface area contributed by atoms with Gasteiger partial charge in [0.25, 0.3) is 0 Å². The van der Waals surface area contributed by atoms with Gasteiger partial charge in [-0.05, 0) is 62.2 Å². The first kappa shape index (κ1) is 19.4. The lowest BCUT2D eigenvalue weighted by molar-refractivity contribution is 0.252. The largest absolute Gasteiger partial charge is 0.339 e. The van der Waals surface area contributed by atoms with Gasteiger partial charge in [0.2, 0.25) is 0 Å². The van der Waals surface area contributed by atoms with E-state index in [1.807, 2.05) is 32.0 Å². The molecule has 0 aliphatic rings. The minimum absolute atomic E-state index is 0.357. The zero-order valence-corrected chi connectivity index (χ0v) is 16.2. The maximum Gasteiger partial charge on any atom is 0.339 e. The Labute approximate surface area is 163 Å². The third kappa shape index (κ3) is 4.28. The Bertz CT molecular complexity index is 1010. The van der Waals surface area contributed by atoms with E-state index < -0.39 is 6.03 Å². The number of aryl methyl sites for hydroxylation is 2. The van der Waals surface area contributed by atoms with Gasteiger partial charge in [0.15, 0.2) is 0 Å². The Hall–Kier alpha value is -3.41. The Morgan fingerprint density at radius 1 is 1.14 bits per heavy atom. The number of nitrogens with one attached hydrogen (secondary N) is 2. The van der Waals surface area contributed by atoms with Crippen LogP contribution in [0.3, 0.4) is 0 Å². The van der Waals surface area contributed by atoms with Crippen LogP contribution in [0.1, 0.15) is 29.4 Å². The van der Waals surface area contributed by atoms with E-state index in [-0.39, 0.29) is 5.82 Å². The van der Waals surface area contributed by atoms with Gasteiger partial charge in [-0.25, -0.2) is 14.6 Å².